The highest BCUT2D eigenvalue weighted by atomic mass is 16.6. The molecule has 0 fully saturated rings. The van der Waals surface area contributed by atoms with E-state index in [2.05, 4.69) is 0 Å². The number of aryl methyl sites for hydroxylation is 1. The van der Waals surface area contributed by atoms with Crippen LogP contribution < -0.4 is 19.1 Å². The Hall–Kier alpha value is -2.69. The van der Waals surface area contributed by atoms with Gasteiger partial charge in [0.1, 0.15) is 31.0 Å². The van der Waals surface area contributed by atoms with Gasteiger partial charge in [0.15, 0.2) is 11.5 Å². The van der Waals surface area contributed by atoms with Crippen molar-refractivity contribution in [2.24, 2.45) is 0 Å². The second-order valence-electron chi connectivity index (χ2n) is 6.52. The molecular formula is C19H17NO4. The Labute approximate surface area is 139 Å². The first-order valence-electron chi connectivity index (χ1n) is 8.08. The minimum atomic E-state index is -0.791. The number of anilines is 1. The van der Waals surface area contributed by atoms with E-state index in [1.165, 1.54) is 0 Å². The molecule has 1 atom stereocenters. The average molecular weight is 323 g/mol. The van der Waals surface area contributed by atoms with Gasteiger partial charge in [0.25, 0.3) is 0 Å². The fourth-order valence-electron chi connectivity index (χ4n) is 4.16. The minimum absolute atomic E-state index is 0.0437. The number of fused-ring (bicyclic) bond motifs is 5. The zero-order chi connectivity index (χ0) is 16.5. The van der Waals surface area contributed by atoms with Crippen LogP contribution in [0.15, 0.2) is 30.3 Å². The smallest absolute Gasteiger partial charge is 0.245 e. The molecule has 2 aromatic carbocycles. The first kappa shape index (κ1) is 13.7. The molecule has 0 aliphatic carbocycles. The van der Waals surface area contributed by atoms with Crippen molar-refractivity contribution in [1.82, 2.24) is 0 Å². The van der Waals surface area contributed by atoms with E-state index in [1.807, 2.05) is 44.3 Å². The van der Waals surface area contributed by atoms with Gasteiger partial charge in [-0.1, -0.05) is 12.1 Å². The van der Waals surface area contributed by atoms with Gasteiger partial charge < -0.3 is 19.1 Å². The zero-order valence-electron chi connectivity index (χ0n) is 13.6. The second-order valence-corrected chi connectivity index (χ2v) is 6.52. The maximum Gasteiger partial charge on any atom is 0.245 e. The standard InChI is InChI=1S/C19H17NO4/c1-11-4-3-5-13-17(11)19(18(21)20(13)2)10-24-14-9-16-15(8-12(14)19)22-6-7-23-16/h3-5,8-9H,6-7,10H2,1-2H3. The predicted molar refractivity (Wildman–Crippen MR) is 88.3 cm³/mol. The predicted octanol–water partition coefficient (Wildman–Crippen LogP) is 2.42. The molecule has 0 radical (unpaired) electrons. The van der Waals surface area contributed by atoms with Gasteiger partial charge in [-0.15, -0.1) is 0 Å². The quantitative estimate of drug-likeness (QED) is 0.747. The molecule has 5 nitrogen and oxygen atoms in total. The van der Waals surface area contributed by atoms with Crippen LogP contribution in [0.25, 0.3) is 0 Å². The van der Waals surface area contributed by atoms with Gasteiger partial charge in [0.05, 0.1) is 0 Å². The number of carbonyl (C=O) groups is 1. The fraction of sp³-hybridized carbons (Fsp3) is 0.316. The van der Waals surface area contributed by atoms with Gasteiger partial charge in [-0.2, -0.15) is 0 Å². The van der Waals surface area contributed by atoms with Crippen LogP contribution in [0.5, 0.6) is 17.2 Å². The molecule has 3 aliphatic heterocycles. The fourth-order valence-corrected chi connectivity index (χ4v) is 4.16. The lowest BCUT2D eigenvalue weighted by Crippen LogP contribution is -2.41. The van der Waals surface area contributed by atoms with Crippen molar-refractivity contribution in [3.63, 3.8) is 0 Å². The molecular weight excluding hydrogens is 306 g/mol. The Kier molecular flexibility index (Phi) is 2.54. The molecule has 0 saturated carbocycles. The van der Waals surface area contributed by atoms with Crippen LogP contribution in [0.4, 0.5) is 5.69 Å². The SMILES string of the molecule is Cc1cccc2c1C1(COc3cc4c(cc31)OCCO4)C(=O)N2C. The molecule has 0 saturated heterocycles. The third-order valence-electron chi connectivity index (χ3n) is 5.26. The van der Waals surface area contributed by atoms with Gasteiger partial charge >= 0.3 is 0 Å². The van der Waals surface area contributed by atoms with Gasteiger partial charge in [-0.25, -0.2) is 0 Å². The van der Waals surface area contributed by atoms with E-state index in [0.717, 1.165) is 22.4 Å². The van der Waals surface area contributed by atoms with Gasteiger partial charge in [0.2, 0.25) is 5.91 Å². The second kappa shape index (κ2) is 4.44. The Morgan fingerprint density at radius 3 is 2.58 bits per heavy atom. The molecule has 5 rings (SSSR count). The first-order valence-corrected chi connectivity index (χ1v) is 8.08. The summed E-state index contributed by atoms with van der Waals surface area (Å²) in [4.78, 5) is 15.0. The van der Waals surface area contributed by atoms with E-state index < -0.39 is 5.41 Å². The van der Waals surface area contributed by atoms with E-state index in [0.29, 0.717) is 37.1 Å². The summed E-state index contributed by atoms with van der Waals surface area (Å²) in [6, 6.07) is 9.79. The van der Waals surface area contributed by atoms with Crippen molar-refractivity contribution in [3.05, 3.63) is 47.0 Å². The molecule has 1 unspecified atom stereocenters. The van der Waals surface area contributed by atoms with E-state index in [-0.39, 0.29) is 5.91 Å². The first-order chi connectivity index (χ1) is 11.6. The van der Waals surface area contributed by atoms with Crippen LogP contribution >= 0.6 is 0 Å². The molecule has 2 aromatic rings. The minimum Gasteiger partial charge on any atom is -0.491 e. The highest BCUT2D eigenvalue weighted by Crippen LogP contribution is 2.55. The van der Waals surface area contributed by atoms with Crippen molar-refractivity contribution in [3.8, 4) is 17.2 Å². The summed E-state index contributed by atoms with van der Waals surface area (Å²) in [5.74, 6) is 2.11. The number of nitrogens with zero attached hydrogens (tertiary/aromatic N) is 1. The van der Waals surface area contributed by atoms with Crippen molar-refractivity contribution in [2.75, 3.05) is 31.8 Å². The molecule has 3 heterocycles. The van der Waals surface area contributed by atoms with Crippen LogP contribution in [-0.2, 0) is 10.2 Å². The van der Waals surface area contributed by atoms with Crippen molar-refractivity contribution in [2.45, 2.75) is 12.3 Å². The molecule has 0 bridgehead atoms. The van der Waals surface area contributed by atoms with Crippen molar-refractivity contribution < 1.29 is 19.0 Å². The van der Waals surface area contributed by atoms with Gasteiger partial charge in [-0.05, 0) is 24.6 Å². The number of hydrogen-bond donors (Lipinski definition) is 0. The average Bonchev–Trinajstić information content (AvgIpc) is 3.07. The third kappa shape index (κ3) is 1.47. The summed E-state index contributed by atoms with van der Waals surface area (Å²) >= 11 is 0. The molecule has 3 aliphatic rings. The lowest BCUT2D eigenvalue weighted by atomic mass is 9.75. The highest BCUT2D eigenvalue weighted by Gasteiger charge is 2.57. The normalized spacial score (nSPS) is 23.2. The lowest BCUT2D eigenvalue weighted by molar-refractivity contribution is -0.121. The molecule has 1 amide bonds. The molecule has 122 valence electrons. The molecule has 0 N–H and O–H groups in total. The van der Waals surface area contributed by atoms with Crippen molar-refractivity contribution in [1.29, 1.82) is 0 Å². The van der Waals surface area contributed by atoms with E-state index in [1.54, 1.807) is 4.90 Å². The summed E-state index contributed by atoms with van der Waals surface area (Å²) in [7, 11) is 1.82. The summed E-state index contributed by atoms with van der Waals surface area (Å²) in [5.41, 5.74) is 3.16. The number of ether oxygens (including phenoxy) is 3. The number of benzene rings is 2. The Morgan fingerprint density at radius 1 is 1.04 bits per heavy atom. The van der Waals surface area contributed by atoms with E-state index in [9.17, 15) is 4.79 Å². The topological polar surface area (TPSA) is 48.0 Å². The number of hydrogen-bond acceptors (Lipinski definition) is 4. The maximum absolute atomic E-state index is 13.2. The van der Waals surface area contributed by atoms with Crippen LogP contribution in [-0.4, -0.2) is 32.8 Å². The van der Waals surface area contributed by atoms with Crippen LogP contribution in [0.3, 0.4) is 0 Å². The largest absolute Gasteiger partial charge is 0.491 e. The number of rotatable bonds is 0. The third-order valence-corrected chi connectivity index (χ3v) is 5.26. The van der Waals surface area contributed by atoms with Crippen LogP contribution in [0, 0.1) is 6.92 Å². The summed E-state index contributed by atoms with van der Waals surface area (Å²) in [5, 5.41) is 0. The molecule has 0 aromatic heterocycles. The summed E-state index contributed by atoms with van der Waals surface area (Å²) in [6.07, 6.45) is 0. The van der Waals surface area contributed by atoms with Gasteiger partial charge in [-0.3, -0.25) is 4.79 Å². The molecule has 24 heavy (non-hydrogen) atoms. The highest BCUT2D eigenvalue weighted by molar-refractivity contribution is 6.11. The maximum atomic E-state index is 13.2. The zero-order valence-corrected chi connectivity index (χ0v) is 13.6. The molecule has 1 spiro atoms. The van der Waals surface area contributed by atoms with Crippen molar-refractivity contribution >= 4 is 11.6 Å². The Bertz CT molecular complexity index is 891. The van der Waals surface area contributed by atoms with E-state index >= 15 is 0 Å². The van der Waals surface area contributed by atoms with Crippen LogP contribution in [0.2, 0.25) is 0 Å². The van der Waals surface area contributed by atoms with E-state index in [4.69, 9.17) is 14.2 Å². The number of amides is 1. The Morgan fingerprint density at radius 2 is 1.79 bits per heavy atom. The number of likely N-dealkylation sites (N-methyl/N-ethyl adjacent to an activating group) is 1. The summed E-state index contributed by atoms with van der Waals surface area (Å²) < 4.78 is 17.3. The molecule has 5 heteroatoms. The van der Waals surface area contributed by atoms with Crippen LogP contribution in [0.1, 0.15) is 16.7 Å². The monoisotopic (exact) mass is 323 g/mol. The Balaban J connectivity index is 1.80. The summed E-state index contributed by atoms with van der Waals surface area (Å²) in [6.45, 7) is 3.40. The number of carbonyl (C=O) groups excluding carboxylic acids is 1. The lowest BCUT2D eigenvalue weighted by Gasteiger charge is -2.24. The van der Waals surface area contributed by atoms with Gasteiger partial charge in [0, 0.05) is 29.9 Å².